The lowest BCUT2D eigenvalue weighted by molar-refractivity contribution is -0.0716. The van der Waals surface area contributed by atoms with E-state index in [4.69, 9.17) is 35.5 Å². The lowest BCUT2D eigenvalue weighted by Gasteiger charge is -2.44. The number of aromatic nitrogens is 3. The molecular weight excluding hydrogens is 627 g/mol. The molecule has 8 rings (SSSR count). The number of hydrogen-bond acceptors (Lipinski definition) is 10. The van der Waals surface area contributed by atoms with Gasteiger partial charge in [0, 0.05) is 32.8 Å². The normalized spacial score (nSPS) is 24.3. The van der Waals surface area contributed by atoms with Gasteiger partial charge in [-0.2, -0.15) is 5.26 Å². The smallest absolute Gasteiger partial charge is 0.338 e. The van der Waals surface area contributed by atoms with Crippen LogP contribution in [-0.2, 0) is 28.4 Å². The number of carbonyl (C=O) groups is 1. The number of para-hydroxylation sites is 1. The van der Waals surface area contributed by atoms with Gasteiger partial charge in [-0.05, 0) is 49.2 Å². The highest BCUT2D eigenvalue weighted by Gasteiger charge is 2.47. The first-order valence-corrected chi connectivity index (χ1v) is 16.0. The number of esters is 1. The van der Waals surface area contributed by atoms with E-state index in [-0.39, 0.29) is 23.2 Å². The third-order valence-corrected chi connectivity index (χ3v) is 10.0. The second-order valence-electron chi connectivity index (χ2n) is 12.8. The molecule has 0 bridgehead atoms. The molecule has 13 heteroatoms. The largest absolute Gasteiger partial charge is 0.465 e. The van der Waals surface area contributed by atoms with Crippen LogP contribution in [0.5, 0.6) is 11.5 Å². The van der Waals surface area contributed by atoms with Crippen LogP contribution in [0.15, 0.2) is 48.7 Å². The number of rotatable bonds is 7. The number of nitriles is 1. The molecule has 4 aromatic rings. The monoisotopic (exact) mass is 658 g/mol. The molecule has 5 heterocycles. The number of methoxy groups -OCH3 is 1. The maximum Gasteiger partial charge on any atom is 0.338 e. The van der Waals surface area contributed by atoms with Crippen LogP contribution in [0.2, 0.25) is 5.02 Å². The van der Waals surface area contributed by atoms with Crippen molar-refractivity contribution >= 4 is 34.3 Å². The topological polar surface area (TPSA) is 115 Å². The Bertz CT molecular complexity index is 1940. The van der Waals surface area contributed by atoms with Crippen LogP contribution in [0.3, 0.4) is 0 Å². The van der Waals surface area contributed by atoms with Crippen LogP contribution in [0.4, 0.5) is 10.1 Å². The van der Waals surface area contributed by atoms with E-state index in [0.717, 1.165) is 24.6 Å². The number of anilines is 1. The molecule has 3 fully saturated rings. The molecule has 47 heavy (non-hydrogen) atoms. The summed E-state index contributed by atoms with van der Waals surface area (Å²) in [6, 6.07) is 14.7. The molecule has 11 nitrogen and oxygen atoms in total. The molecule has 2 aromatic carbocycles. The van der Waals surface area contributed by atoms with Crippen molar-refractivity contribution in [2.24, 2.45) is 5.41 Å². The summed E-state index contributed by atoms with van der Waals surface area (Å²) in [5, 5.41) is 10.4. The first-order valence-electron chi connectivity index (χ1n) is 15.6. The molecule has 0 radical (unpaired) electrons. The molecule has 0 spiro atoms. The van der Waals surface area contributed by atoms with Crippen LogP contribution in [-0.4, -0.2) is 70.9 Å². The van der Waals surface area contributed by atoms with E-state index >= 15 is 4.39 Å². The van der Waals surface area contributed by atoms with Crippen molar-refractivity contribution in [3.8, 4) is 17.6 Å². The van der Waals surface area contributed by atoms with Crippen molar-refractivity contribution in [3.63, 3.8) is 0 Å². The van der Waals surface area contributed by atoms with E-state index in [2.05, 4.69) is 20.9 Å². The minimum Gasteiger partial charge on any atom is -0.465 e. The number of pyridine rings is 1. The fourth-order valence-electron chi connectivity index (χ4n) is 7.03. The van der Waals surface area contributed by atoms with E-state index in [1.165, 1.54) is 7.11 Å². The summed E-state index contributed by atoms with van der Waals surface area (Å²) < 4.78 is 41.0. The zero-order valence-corrected chi connectivity index (χ0v) is 26.7. The second kappa shape index (κ2) is 11.1. The number of halogens is 2. The van der Waals surface area contributed by atoms with E-state index < -0.39 is 23.0 Å². The first-order chi connectivity index (χ1) is 22.7. The molecule has 1 saturated carbocycles. The third kappa shape index (κ3) is 5.04. The quantitative estimate of drug-likeness (QED) is 0.250. The van der Waals surface area contributed by atoms with Crippen molar-refractivity contribution in [2.75, 3.05) is 38.3 Å². The van der Waals surface area contributed by atoms with Gasteiger partial charge in [-0.3, -0.25) is 9.88 Å². The van der Waals surface area contributed by atoms with Crippen LogP contribution in [0, 0.1) is 22.6 Å². The summed E-state index contributed by atoms with van der Waals surface area (Å²) in [7, 11) is 1.26. The zero-order valence-electron chi connectivity index (χ0n) is 25.9. The Labute approximate surface area is 275 Å². The second-order valence-corrected chi connectivity index (χ2v) is 13.2. The summed E-state index contributed by atoms with van der Waals surface area (Å²) >= 11 is 6.07. The van der Waals surface area contributed by atoms with Gasteiger partial charge in [0.15, 0.2) is 17.3 Å². The zero-order chi connectivity index (χ0) is 32.5. The van der Waals surface area contributed by atoms with Gasteiger partial charge in [0.25, 0.3) is 5.79 Å². The van der Waals surface area contributed by atoms with Gasteiger partial charge in [-0.1, -0.05) is 17.7 Å². The van der Waals surface area contributed by atoms with Gasteiger partial charge in [0.1, 0.15) is 17.0 Å². The average molecular weight is 659 g/mol. The Morgan fingerprint density at radius 3 is 2.74 bits per heavy atom. The van der Waals surface area contributed by atoms with Crippen LogP contribution in [0.1, 0.15) is 41.6 Å². The standard InChI is InChI=1S/C34H32ClFN6O5/c1-33(28-7-6-21(35)14-38-28)46-27-5-3-4-23(31(27)47-33)41-11-10-40(25-16-45-17-26(25)41)15-29-39-30-22(36)12-20(32(43)44-2)13-24(30)42(29)19-34(18-37)8-9-34/h3-7,12-14,25-26H,8-11,15-17,19H2,1-2H3/t25-,26+,33?/m0/s1. The number of imidazole rings is 1. The van der Waals surface area contributed by atoms with E-state index in [0.29, 0.717) is 72.9 Å². The van der Waals surface area contributed by atoms with Gasteiger partial charge in [0.05, 0.1) is 72.2 Å². The minimum atomic E-state index is -1.11. The maximum atomic E-state index is 15.4. The average Bonchev–Trinajstić information content (AvgIpc) is 3.34. The number of ether oxygens (including phenoxy) is 4. The number of carbonyl (C=O) groups excluding carboxylic acids is 1. The molecular formula is C34H32ClFN6O5. The molecule has 3 aliphatic heterocycles. The summed E-state index contributed by atoms with van der Waals surface area (Å²) in [6.07, 6.45) is 3.10. The first kappa shape index (κ1) is 29.9. The summed E-state index contributed by atoms with van der Waals surface area (Å²) in [6.45, 7) is 5.02. The summed E-state index contributed by atoms with van der Waals surface area (Å²) in [4.78, 5) is 26.2. The Morgan fingerprint density at radius 2 is 2.00 bits per heavy atom. The highest BCUT2D eigenvalue weighted by atomic mass is 35.5. The Balaban J connectivity index is 1.09. The van der Waals surface area contributed by atoms with Crippen LogP contribution >= 0.6 is 11.6 Å². The van der Waals surface area contributed by atoms with Gasteiger partial charge in [-0.25, -0.2) is 14.2 Å². The van der Waals surface area contributed by atoms with Crippen LogP contribution in [0.25, 0.3) is 11.0 Å². The van der Waals surface area contributed by atoms with Crippen molar-refractivity contribution in [1.29, 1.82) is 5.26 Å². The molecule has 2 aromatic heterocycles. The predicted octanol–water partition coefficient (Wildman–Crippen LogP) is 5.05. The lowest BCUT2D eigenvalue weighted by atomic mass is 10.0. The fraction of sp³-hybridized carbons (Fsp3) is 0.412. The number of benzene rings is 2. The van der Waals surface area contributed by atoms with E-state index in [1.807, 2.05) is 29.7 Å². The van der Waals surface area contributed by atoms with Crippen LogP contribution < -0.4 is 14.4 Å². The van der Waals surface area contributed by atoms with Gasteiger partial charge in [-0.15, -0.1) is 0 Å². The highest BCUT2D eigenvalue weighted by molar-refractivity contribution is 6.30. The predicted molar refractivity (Wildman–Crippen MR) is 169 cm³/mol. The van der Waals surface area contributed by atoms with Crippen molar-refractivity contribution in [3.05, 3.63) is 76.6 Å². The molecule has 2 saturated heterocycles. The molecule has 3 atom stereocenters. The summed E-state index contributed by atoms with van der Waals surface area (Å²) in [5.41, 5.74) is 1.76. The Kier molecular flexibility index (Phi) is 7.05. The summed E-state index contributed by atoms with van der Waals surface area (Å²) in [5.74, 6) is -0.414. The lowest BCUT2D eigenvalue weighted by Crippen LogP contribution is -2.59. The number of nitrogens with zero attached hydrogens (tertiary/aromatic N) is 6. The SMILES string of the molecule is COC(=O)c1cc(F)c2nc(CN3CCN(c4cccc5c4OC(C)(c4ccc(Cl)cn4)O5)[C@@H]4COC[C@@H]43)n(CC3(C#N)CC3)c2c1. The van der Waals surface area contributed by atoms with E-state index in [9.17, 15) is 10.1 Å². The Hall–Kier alpha value is -4.44. The molecule has 1 unspecified atom stereocenters. The number of fused-ring (bicyclic) bond motifs is 3. The molecule has 242 valence electrons. The fourth-order valence-corrected chi connectivity index (χ4v) is 7.14. The van der Waals surface area contributed by atoms with Crippen molar-refractivity contribution in [1.82, 2.24) is 19.4 Å². The molecule has 0 N–H and O–H groups in total. The minimum absolute atomic E-state index is 0.00809. The maximum absolute atomic E-state index is 15.4. The molecule has 0 amide bonds. The van der Waals surface area contributed by atoms with Crippen molar-refractivity contribution < 1.29 is 28.1 Å². The Morgan fingerprint density at radius 1 is 1.17 bits per heavy atom. The van der Waals surface area contributed by atoms with Gasteiger partial charge >= 0.3 is 5.97 Å². The molecule has 4 aliphatic rings. The van der Waals surface area contributed by atoms with Crippen molar-refractivity contribution in [2.45, 2.75) is 50.7 Å². The third-order valence-electron chi connectivity index (χ3n) is 9.78. The number of hydrogen-bond donors (Lipinski definition) is 0. The van der Waals surface area contributed by atoms with E-state index in [1.54, 1.807) is 24.4 Å². The number of piperazine rings is 1. The molecule has 1 aliphatic carbocycles. The highest BCUT2D eigenvalue weighted by Crippen LogP contribution is 2.50. The van der Waals surface area contributed by atoms with Gasteiger partial charge < -0.3 is 28.4 Å². The van der Waals surface area contributed by atoms with Gasteiger partial charge in [0.2, 0.25) is 0 Å².